The SMILES string of the molecule is C=CC(=O)N1CCCC(n2nc(-c3ccc(Oc4ccccc4C)cc3)c(C(N)=O)c2NCCN2CCN(C)CC2)C1. The minimum Gasteiger partial charge on any atom is -0.457 e. The number of piperidine rings is 1. The van der Waals surface area contributed by atoms with Crippen LogP contribution in [0, 0.1) is 6.92 Å². The van der Waals surface area contributed by atoms with Crippen LogP contribution < -0.4 is 15.8 Å². The quantitative estimate of drug-likeness (QED) is 0.357. The van der Waals surface area contributed by atoms with Crippen molar-refractivity contribution >= 4 is 17.6 Å². The van der Waals surface area contributed by atoms with Crippen LogP contribution in [0.1, 0.15) is 34.8 Å². The second-order valence-corrected chi connectivity index (χ2v) is 11.1. The zero-order chi connectivity index (χ0) is 29.6. The van der Waals surface area contributed by atoms with Crippen LogP contribution >= 0.6 is 0 Å². The highest BCUT2D eigenvalue weighted by molar-refractivity contribution is 6.03. The zero-order valence-corrected chi connectivity index (χ0v) is 24.6. The molecule has 2 fully saturated rings. The Morgan fingerprint density at radius 3 is 2.52 bits per heavy atom. The van der Waals surface area contributed by atoms with Gasteiger partial charge >= 0.3 is 0 Å². The molecule has 2 aliphatic rings. The van der Waals surface area contributed by atoms with E-state index in [0.717, 1.165) is 62.4 Å². The van der Waals surface area contributed by atoms with Crippen LogP contribution in [0.15, 0.2) is 61.2 Å². The molecule has 3 aromatic rings. The molecule has 0 bridgehead atoms. The van der Waals surface area contributed by atoms with E-state index in [-0.39, 0.29) is 11.9 Å². The molecule has 222 valence electrons. The topological polar surface area (TPSA) is 109 Å². The van der Waals surface area contributed by atoms with Gasteiger partial charge in [-0.2, -0.15) is 5.10 Å². The van der Waals surface area contributed by atoms with E-state index in [1.807, 2.05) is 60.1 Å². The highest BCUT2D eigenvalue weighted by atomic mass is 16.5. The number of ether oxygens (including phenoxy) is 1. The Bertz CT molecular complexity index is 1410. The van der Waals surface area contributed by atoms with E-state index < -0.39 is 5.91 Å². The number of hydrogen-bond donors (Lipinski definition) is 2. The zero-order valence-electron chi connectivity index (χ0n) is 24.6. The Balaban J connectivity index is 1.44. The molecule has 3 N–H and O–H groups in total. The molecule has 2 saturated heterocycles. The van der Waals surface area contributed by atoms with Crippen molar-refractivity contribution in [2.45, 2.75) is 25.8 Å². The number of anilines is 1. The lowest BCUT2D eigenvalue weighted by molar-refractivity contribution is -0.127. The fourth-order valence-electron chi connectivity index (χ4n) is 5.67. The summed E-state index contributed by atoms with van der Waals surface area (Å²) in [6, 6.07) is 15.3. The van der Waals surface area contributed by atoms with Crippen LogP contribution in [0.2, 0.25) is 0 Å². The molecule has 2 aliphatic heterocycles. The largest absolute Gasteiger partial charge is 0.457 e. The third-order valence-electron chi connectivity index (χ3n) is 8.15. The summed E-state index contributed by atoms with van der Waals surface area (Å²) in [5.41, 5.74) is 8.69. The summed E-state index contributed by atoms with van der Waals surface area (Å²) >= 11 is 0. The molecule has 1 aromatic heterocycles. The number of carbonyl (C=O) groups excluding carboxylic acids is 2. The summed E-state index contributed by atoms with van der Waals surface area (Å²) in [4.78, 5) is 32.0. The molecule has 10 nitrogen and oxygen atoms in total. The number of piperazine rings is 1. The van der Waals surface area contributed by atoms with Gasteiger partial charge in [-0.1, -0.05) is 24.8 Å². The summed E-state index contributed by atoms with van der Waals surface area (Å²) in [6.07, 6.45) is 3.01. The van der Waals surface area contributed by atoms with Gasteiger partial charge in [0.2, 0.25) is 5.91 Å². The summed E-state index contributed by atoms with van der Waals surface area (Å²) < 4.78 is 7.96. The molecule has 0 saturated carbocycles. The number of aromatic nitrogens is 2. The van der Waals surface area contributed by atoms with E-state index >= 15 is 0 Å². The van der Waals surface area contributed by atoms with Gasteiger partial charge in [0.15, 0.2) is 0 Å². The highest BCUT2D eigenvalue weighted by Crippen LogP contribution is 2.35. The lowest BCUT2D eigenvalue weighted by atomic mass is 10.0. The van der Waals surface area contributed by atoms with Gasteiger partial charge in [-0.3, -0.25) is 14.5 Å². The first-order valence-electron chi connectivity index (χ1n) is 14.7. The minimum absolute atomic E-state index is 0.101. The van der Waals surface area contributed by atoms with Gasteiger partial charge in [0, 0.05) is 57.9 Å². The van der Waals surface area contributed by atoms with Crippen molar-refractivity contribution in [2.24, 2.45) is 5.73 Å². The van der Waals surface area contributed by atoms with Crippen LogP contribution in [-0.4, -0.2) is 95.7 Å². The summed E-state index contributed by atoms with van der Waals surface area (Å²) in [5, 5.41) is 8.49. The van der Waals surface area contributed by atoms with E-state index in [1.165, 1.54) is 6.08 Å². The molecule has 2 amide bonds. The first-order chi connectivity index (χ1) is 20.3. The number of likely N-dealkylation sites (N-methyl/N-ethyl adjacent to an activating group) is 1. The smallest absolute Gasteiger partial charge is 0.254 e. The number of para-hydroxylation sites is 1. The number of aryl methyl sites for hydroxylation is 1. The second-order valence-electron chi connectivity index (χ2n) is 11.1. The van der Waals surface area contributed by atoms with Crippen molar-refractivity contribution in [1.82, 2.24) is 24.5 Å². The average Bonchev–Trinajstić information content (AvgIpc) is 3.39. The van der Waals surface area contributed by atoms with E-state index in [1.54, 1.807) is 4.90 Å². The van der Waals surface area contributed by atoms with E-state index in [9.17, 15) is 9.59 Å². The van der Waals surface area contributed by atoms with Crippen LogP contribution in [0.3, 0.4) is 0 Å². The van der Waals surface area contributed by atoms with Gasteiger partial charge in [-0.05, 0) is 68.8 Å². The second kappa shape index (κ2) is 13.2. The number of benzene rings is 2. The molecule has 42 heavy (non-hydrogen) atoms. The highest BCUT2D eigenvalue weighted by Gasteiger charge is 2.31. The molecular formula is C32H41N7O3. The lowest BCUT2D eigenvalue weighted by Gasteiger charge is -2.33. The van der Waals surface area contributed by atoms with Gasteiger partial charge < -0.3 is 25.6 Å². The summed E-state index contributed by atoms with van der Waals surface area (Å²) in [6.45, 7) is 12.4. The van der Waals surface area contributed by atoms with E-state index in [2.05, 4.69) is 28.7 Å². The Labute approximate surface area is 247 Å². The maximum Gasteiger partial charge on any atom is 0.254 e. The molecule has 0 spiro atoms. The van der Waals surface area contributed by atoms with Crippen LogP contribution in [0.4, 0.5) is 5.82 Å². The first-order valence-corrected chi connectivity index (χ1v) is 14.7. The fraction of sp³-hybridized carbons (Fsp3) is 0.406. The third kappa shape index (κ3) is 6.66. The van der Waals surface area contributed by atoms with Crippen LogP contribution in [0.5, 0.6) is 11.5 Å². The number of carbonyl (C=O) groups is 2. The monoisotopic (exact) mass is 571 g/mol. The maximum atomic E-state index is 13.0. The normalized spacial score (nSPS) is 18.0. The van der Waals surface area contributed by atoms with Gasteiger partial charge in [0.05, 0.1) is 6.04 Å². The number of nitrogens with one attached hydrogen (secondary N) is 1. The van der Waals surface area contributed by atoms with Crippen LogP contribution in [0.25, 0.3) is 11.3 Å². The summed E-state index contributed by atoms with van der Waals surface area (Å²) in [7, 11) is 2.14. The van der Waals surface area contributed by atoms with Crippen LogP contribution in [-0.2, 0) is 4.79 Å². The maximum absolute atomic E-state index is 13.0. The molecule has 3 heterocycles. The fourth-order valence-corrected chi connectivity index (χ4v) is 5.67. The summed E-state index contributed by atoms with van der Waals surface area (Å²) in [5.74, 6) is 1.42. The van der Waals surface area contributed by atoms with Gasteiger partial charge in [0.1, 0.15) is 28.6 Å². The molecular weight excluding hydrogens is 530 g/mol. The Morgan fingerprint density at radius 2 is 1.83 bits per heavy atom. The number of rotatable bonds is 10. The van der Waals surface area contributed by atoms with E-state index in [4.69, 9.17) is 15.6 Å². The van der Waals surface area contributed by atoms with Crippen molar-refractivity contribution in [3.05, 3.63) is 72.3 Å². The van der Waals surface area contributed by atoms with Crippen molar-refractivity contribution in [1.29, 1.82) is 0 Å². The number of nitrogens with two attached hydrogens (primary N) is 1. The Morgan fingerprint density at radius 1 is 1.10 bits per heavy atom. The molecule has 1 atom stereocenters. The molecule has 10 heteroatoms. The van der Waals surface area contributed by atoms with Crippen molar-refractivity contribution < 1.29 is 14.3 Å². The van der Waals surface area contributed by atoms with Crippen molar-refractivity contribution in [2.75, 3.05) is 64.7 Å². The number of primary amides is 1. The Hall–Kier alpha value is -4.15. The minimum atomic E-state index is -0.548. The standard InChI is InChI=1S/C32H41N7O3/c1-4-28(40)38-16-7-9-25(22-38)39-32(34-15-17-37-20-18-36(3)19-21-37)29(31(33)41)30(35-39)24-11-13-26(14-12-24)42-27-10-6-5-8-23(27)2/h4-6,8,10-14,25,34H,1,7,9,15-22H2,2-3H3,(H2,33,41). The molecule has 5 rings (SSSR count). The van der Waals surface area contributed by atoms with Crippen molar-refractivity contribution in [3.63, 3.8) is 0 Å². The van der Waals surface area contributed by atoms with Gasteiger partial charge in [0.25, 0.3) is 5.91 Å². The van der Waals surface area contributed by atoms with Gasteiger partial charge in [-0.15, -0.1) is 0 Å². The Kier molecular flexibility index (Phi) is 9.24. The predicted octanol–water partition coefficient (Wildman–Crippen LogP) is 3.76. The molecule has 2 aromatic carbocycles. The lowest BCUT2D eigenvalue weighted by Crippen LogP contribution is -2.46. The average molecular weight is 572 g/mol. The number of hydrogen-bond acceptors (Lipinski definition) is 7. The number of amides is 2. The molecule has 0 radical (unpaired) electrons. The predicted molar refractivity (Wildman–Crippen MR) is 165 cm³/mol. The number of nitrogens with zero attached hydrogens (tertiary/aromatic N) is 5. The molecule has 0 aliphatic carbocycles. The number of likely N-dealkylation sites (tertiary alicyclic amines) is 1. The third-order valence-corrected chi connectivity index (χ3v) is 8.15. The first kappa shape index (κ1) is 29.3. The van der Waals surface area contributed by atoms with Crippen molar-refractivity contribution in [3.8, 4) is 22.8 Å². The molecule has 1 unspecified atom stereocenters. The van der Waals surface area contributed by atoms with E-state index in [0.29, 0.717) is 42.5 Å². The van der Waals surface area contributed by atoms with Gasteiger partial charge in [-0.25, -0.2) is 4.68 Å².